The molecule has 0 radical (unpaired) electrons. The molecule has 1 amide bonds. The summed E-state index contributed by atoms with van der Waals surface area (Å²) in [4.78, 5) is 14.8. The highest BCUT2D eigenvalue weighted by Gasteiger charge is 2.27. The van der Waals surface area contributed by atoms with Crippen LogP contribution in [0.25, 0.3) is 5.65 Å². The number of aryl methyl sites for hydroxylation is 2. The SMILES string of the molecule is Cc1nn(C)c(C)c1C(=O)N[C@@H]1CCN(c2ccc3nncn3n2)C1. The van der Waals surface area contributed by atoms with Crippen molar-refractivity contribution in [2.45, 2.75) is 26.3 Å². The van der Waals surface area contributed by atoms with E-state index in [9.17, 15) is 4.79 Å². The highest BCUT2D eigenvalue weighted by molar-refractivity contribution is 5.96. The van der Waals surface area contributed by atoms with Gasteiger partial charge in [0.05, 0.1) is 11.3 Å². The van der Waals surface area contributed by atoms with Crippen molar-refractivity contribution in [3.63, 3.8) is 0 Å². The predicted molar refractivity (Wildman–Crippen MR) is 91.5 cm³/mol. The van der Waals surface area contributed by atoms with Crippen molar-refractivity contribution in [1.82, 2.24) is 34.9 Å². The second-order valence-electron chi connectivity index (χ2n) is 6.40. The number of fused-ring (bicyclic) bond motifs is 1. The van der Waals surface area contributed by atoms with Crippen molar-refractivity contribution in [3.8, 4) is 0 Å². The van der Waals surface area contributed by atoms with Crippen LogP contribution in [0.2, 0.25) is 0 Å². The molecule has 1 N–H and O–H groups in total. The minimum atomic E-state index is -0.0582. The second kappa shape index (κ2) is 5.83. The molecule has 0 bridgehead atoms. The molecule has 130 valence electrons. The number of anilines is 1. The fourth-order valence-corrected chi connectivity index (χ4v) is 3.33. The summed E-state index contributed by atoms with van der Waals surface area (Å²) in [6.45, 7) is 5.34. The molecular formula is C16H20N8O. The number of hydrogen-bond acceptors (Lipinski definition) is 6. The van der Waals surface area contributed by atoms with Crippen LogP contribution in [0.4, 0.5) is 5.82 Å². The monoisotopic (exact) mass is 340 g/mol. The van der Waals surface area contributed by atoms with Gasteiger partial charge in [-0.15, -0.1) is 15.3 Å². The molecular weight excluding hydrogens is 320 g/mol. The Morgan fingerprint density at radius 2 is 2.12 bits per heavy atom. The normalized spacial score (nSPS) is 17.4. The Hall–Kier alpha value is -2.97. The molecule has 1 saturated heterocycles. The van der Waals surface area contributed by atoms with Crippen molar-refractivity contribution in [3.05, 3.63) is 35.4 Å². The summed E-state index contributed by atoms with van der Waals surface area (Å²) < 4.78 is 3.40. The van der Waals surface area contributed by atoms with Crippen LogP contribution in [0.15, 0.2) is 18.5 Å². The van der Waals surface area contributed by atoms with E-state index in [1.54, 1.807) is 15.5 Å². The second-order valence-corrected chi connectivity index (χ2v) is 6.40. The van der Waals surface area contributed by atoms with Crippen LogP contribution in [-0.4, -0.2) is 54.6 Å². The van der Waals surface area contributed by atoms with Gasteiger partial charge < -0.3 is 10.2 Å². The maximum Gasteiger partial charge on any atom is 0.255 e. The zero-order valence-corrected chi connectivity index (χ0v) is 14.5. The summed E-state index contributed by atoms with van der Waals surface area (Å²) in [6, 6.07) is 3.91. The Morgan fingerprint density at radius 1 is 1.28 bits per heavy atom. The van der Waals surface area contributed by atoms with Gasteiger partial charge in [0.15, 0.2) is 5.65 Å². The number of nitrogens with one attached hydrogen (secondary N) is 1. The van der Waals surface area contributed by atoms with E-state index in [0.29, 0.717) is 5.56 Å². The molecule has 1 fully saturated rings. The molecule has 0 spiro atoms. The fourth-order valence-electron chi connectivity index (χ4n) is 3.33. The third-order valence-electron chi connectivity index (χ3n) is 4.73. The van der Waals surface area contributed by atoms with Gasteiger partial charge in [0.1, 0.15) is 12.1 Å². The third-order valence-corrected chi connectivity index (χ3v) is 4.73. The summed E-state index contributed by atoms with van der Waals surface area (Å²) in [5.74, 6) is 0.801. The number of carbonyl (C=O) groups is 1. The lowest BCUT2D eigenvalue weighted by Gasteiger charge is -2.17. The van der Waals surface area contributed by atoms with E-state index in [2.05, 4.69) is 30.6 Å². The van der Waals surface area contributed by atoms with Gasteiger partial charge in [0, 0.05) is 31.9 Å². The smallest absolute Gasteiger partial charge is 0.255 e. The average Bonchev–Trinajstić information content (AvgIpc) is 3.27. The van der Waals surface area contributed by atoms with Gasteiger partial charge in [-0.3, -0.25) is 9.48 Å². The van der Waals surface area contributed by atoms with Crippen molar-refractivity contribution in [2.75, 3.05) is 18.0 Å². The lowest BCUT2D eigenvalue weighted by Crippen LogP contribution is -2.37. The lowest BCUT2D eigenvalue weighted by molar-refractivity contribution is 0.0939. The quantitative estimate of drug-likeness (QED) is 0.746. The summed E-state index contributed by atoms with van der Waals surface area (Å²) in [6.07, 6.45) is 2.47. The van der Waals surface area contributed by atoms with Gasteiger partial charge in [0.25, 0.3) is 5.91 Å². The van der Waals surface area contributed by atoms with Crippen LogP contribution in [0.1, 0.15) is 28.2 Å². The highest BCUT2D eigenvalue weighted by atomic mass is 16.1. The topological polar surface area (TPSA) is 93.2 Å². The first kappa shape index (κ1) is 15.6. The van der Waals surface area contributed by atoms with Crippen molar-refractivity contribution >= 4 is 17.4 Å². The summed E-state index contributed by atoms with van der Waals surface area (Å²) >= 11 is 0. The predicted octanol–water partition coefficient (Wildman–Crippen LogP) is 0.483. The van der Waals surface area contributed by atoms with Crippen molar-refractivity contribution in [1.29, 1.82) is 0 Å². The first-order valence-electron chi connectivity index (χ1n) is 8.26. The minimum Gasteiger partial charge on any atom is -0.353 e. The van der Waals surface area contributed by atoms with E-state index in [1.807, 2.05) is 33.0 Å². The minimum absolute atomic E-state index is 0.0582. The molecule has 3 aromatic heterocycles. The van der Waals surface area contributed by atoms with Gasteiger partial charge in [0.2, 0.25) is 0 Å². The van der Waals surface area contributed by atoms with E-state index in [0.717, 1.165) is 42.4 Å². The molecule has 0 aliphatic carbocycles. The van der Waals surface area contributed by atoms with E-state index in [-0.39, 0.29) is 11.9 Å². The van der Waals surface area contributed by atoms with Crippen LogP contribution < -0.4 is 10.2 Å². The van der Waals surface area contributed by atoms with E-state index in [1.165, 1.54) is 0 Å². The van der Waals surface area contributed by atoms with Gasteiger partial charge in [-0.05, 0) is 32.4 Å². The standard InChI is InChI=1S/C16H20N8O/c1-10-15(11(2)22(3)20-10)16(25)18-12-6-7-23(8-12)14-5-4-13-19-17-9-24(13)21-14/h4-5,9,12H,6-8H2,1-3H3,(H,18,25)/t12-/m1/s1. The van der Waals surface area contributed by atoms with Crippen LogP contribution in [0.5, 0.6) is 0 Å². The summed E-state index contributed by atoms with van der Waals surface area (Å²) in [5, 5.41) is 19.8. The molecule has 0 aromatic carbocycles. The van der Waals surface area contributed by atoms with Gasteiger partial charge in [-0.25, -0.2) is 0 Å². The maximum atomic E-state index is 12.6. The van der Waals surface area contributed by atoms with Gasteiger partial charge in [-0.1, -0.05) is 0 Å². The van der Waals surface area contributed by atoms with E-state index >= 15 is 0 Å². The Labute approximate surface area is 144 Å². The molecule has 25 heavy (non-hydrogen) atoms. The van der Waals surface area contributed by atoms with E-state index in [4.69, 9.17) is 0 Å². The van der Waals surface area contributed by atoms with Crippen LogP contribution in [0.3, 0.4) is 0 Å². The van der Waals surface area contributed by atoms with Crippen LogP contribution in [0, 0.1) is 13.8 Å². The number of nitrogens with zero attached hydrogens (tertiary/aromatic N) is 7. The zero-order valence-electron chi connectivity index (χ0n) is 14.5. The lowest BCUT2D eigenvalue weighted by atomic mass is 10.1. The zero-order chi connectivity index (χ0) is 17.6. The number of carbonyl (C=O) groups excluding carboxylic acids is 1. The molecule has 4 rings (SSSR count). The van der Waals surface area contributed by atoms with Gasteiger partial charge in [-0.2, -0.15) is 9.61 Å². The molecule has 1 atom stereocenters. The largest absolute Gasteiger partial charge is 0.353 e. The molecule has 1 aliphatic heterocycles. The van der Waals surface area contributed by atoms with E-state index < -0.39 is 0 Å². The van der Waals surface area contributed by atoms with Gasteiger partial charge >= 0.3 is 0 Å². The van der Waals surface area contributed by atoms with Crippen molar-refractivity contribution < 1.29 is 4.79 Å². The number of rotatable bonds is 3. The molecule has 9 heteroatoms. The first-order valence-corrected chi connectivity index (χ1v) is 8.26. The van der Waals surface area contributed by atoms with Crippen molar-refractivity contribution in [2.24, 2.45) is 7.05 Å². The Morgan fingerprint density at radius 3 is 2.88 bits per heavy atom. The van der Waals surface area contributed by atoms with Crippen LogP contribution >= 0.6 is 0 Å². The summed E-state index contributed by atoms with van der Waals surface area (Å²) in [7, 11) is 1.85. The average molecular weight is 340 g/mol. The Bertz CT molecular complexity index is 943. The Kier molecular flexibility index (Phi) is 3.63. The molecule has 0 unspecified atom stereocenters. The first-order chi connectivity index (χ1) is 12.0. The number of aromatic nitrogens is 6. The molecule has 4 heterocycles. The molecule has 3 aromatic rings. The van der Waals surface area contributed by atoms with Crippen LogP contribution in [-0.2, 0) is 7.05 Å². The molecule has 9 nitrogen and oxygen atoms in total. The molecule has 1 aliphatic rings. The fraction of sp³-hybridized carbons (Fsp3) is 0.438. The highest BCUT2D eigenvalue weighted by Crippen LogP contribution is 2.19. The molecule has 0 saturated carbocycles. The number of amides is 1. The maximum absolute atomic E-state index is 12.6. The Balaban J connectivity index is 1.46. The third kappa shape index (κ3) is 2.71. The number of hydrogen-bond donors (Lipinski definition) is 1. The summed E-state index contributed by atoms with van der Waals surface area (Å²) in [5.41, 5.74) is 3.02.